The standard InChI is InChI=1S/C21H15N3O2S/c22-20(25)13-5-3-6-14(11-13)23-21(26)16-12-18(19-9-4-10-27-19)24-17-8-2-1-7-15(16)17/h1-12H,(H2,22,25)(H,23,26). The quantitative estimate of drug-likeness (QED) is 0.559. The number of amides is 2. The number of hydrogen-bond acceptors (Lipinski definition) is 4. The van der Waals surface area contributed by atoms with Gasteiger partial charge in [-0.15, -0.1) is 11.3 Å². The number of nitrogens with one attached hydrogen (secondary N) is 1. The number of carbonyl (C=O) groups excluding carboxylic acids is 2. The fourth-order valence-electron chi connectivity index (χ4n) is 2.86. The monoisotopic (exact) mass is 373 g/mol. The van der Waals surface area contributed by atoms with Crippen molar-refractivity contribution in [3.8, 4) is 10.6 Å². The molecule has 0 atom stereocenters. The zero-order valence-corrected chi connectivity index (χ0v) is 15.0. The Labute approximate surface area is 159 Å². The molecule has 2 aromatic carbocycles. The van der Waals surface area contributed by atoms with Crippen LogP contribution in [0, 0.1) is 0 Å². The molecule has 0 bridgehead atoms. The number of nitrogens with two attached hydrogens (primary N) is 1. The molecule has 0 spiro atoms. The Bertz CT molecular complexity index is 1150. The van der Waals surface area contributed by atoms with Crippen LogP contribution in [0.1, 0.15) is 20.7 Å². The van der Waals surface area contributed by atoms with Gasteiger partial charge >= 0.3 is 0 Å². The minimum Gasteiger partial charge on any atom is -0.366 e. The van der Waals surface area contributed by atoms with E-state index in [0.29, 0.717) is 16.8 Å². The average molecular weight is 373 g/mol. The van der Waals surface area contributed by atoms with Gasteiger partial charge in [0.05, 0.1) is 21.7 Å². The van der Waals surface area contributed by atoms with Gasteiger partial charge in [-0.05, 0) is 41.8 Å². The molecule has 2 aromatic heterocycles. The Kier molecular flexibility index (Phi) is 4.40. The van der Waals surface area contributed by atoms with Gasteiger partial charge < -0.3 is 11.1 Å². The van der Waals surface area contributed by atoms with E-state index in [1.54, 1.807) is 41.7 Å². The summed E-state index contributed by atoms with van der Waals surface area (Å²) in [6, 6.07) is 19.8. The number of para-hydroxylation sites is 1. The Morgan fingerprint density at radius 3 is 2.59 bits per heavy atom. The van der Waals surface area contributed by atoms with Crippen molar-refractivity contribution >= 4 is 39.7 Å². The van der Waals surface area contributed by atoms with E-state index >= 15 is 0 Å². The molecule has 2 heterocycles. The first-order valence-electron chi connectivity index (χ1n) is 8.27. The fourth-order valence-corrected chi connectivity index (χ4v) is 3.55. The van der Waals surface area contributed by atoms with Crippen molar-refractivity contribution in [2.45, 2.75) is 0 Å². The lowest BCUT2D eigenvalue weighted by Crippen LogP contribution is -2.15. The van der Waals surface area contributed by atoms with E-state index in [-0.39, 0.29) is 5.91 Å². The maximum Gasteiger partial charge on any atom is 0.256 e. The minimum absolute atomic E-state index is 0.270. The number of fused-ring (bicyclic) bond motifs is 1. The maximum atomic E-state index is 13.0. The number of pyridine rings is 1. The SMILES string of the molecule is NC(=O)c1cccc(NC(=O)c2cc(-c3cccs3)nc3ccccc23)c1. The number of thiophene rings is 1. The predicted molar refractivity (Wildman–Crippen MR) is 108 cm³/mol. The third-order valence-corrected chi connectivity index (χ3v) is 5.03. The molecule has 0 aliphatic heterocycles. The Morgan fingerprint density at radius 1 is 0.963 bits per heavy atom. The molecule has 3 N–H and O–H groups in total. The van der Waals surface area contributed by atoms with Crippen LogP contribution >= 0.6 is 11.3 Å². The summed E-state index contributed by atoms with van der Waals surface area (Å²) >= 11 is 1.57. The van der Waals surface area contributed by atoms with Crippen molar-refractivity contribution in [1.82, 2.24) is 4.98 Å². The van der Waals surface area contributed by atoms with Gasteiger partial charge in [-0.1, -0.05) is 30.3 Å². The first-order valence-corrected chi connectivity index (χ1v) is 9.15. The summed E-state index contributed by atoms with van der Waals surface area (Å²) in [5.41, 5.74) is 8.18. The lowest BCUT2D eigenvalue weighted by molar-refractivity contribution is 0.0996. The summed E-state index contributed by atoms with van der Waals surface area (Å²) in [5, 5.41) is 5.59. The van der Waals surface area contributed by atoms with Crippen molar-refractivity contribution in [3.05, 3.63) is 83.2 Å². The van der Waals surface area contributed by atoms with Gasteiger partial charge in [0, 0.05) is 16.6 Å². The zero-order valence-electron chi connectivity index (χ0n) is 14.2. The molecule has 0 unspecified atom stereocenters. The van der Waals surface area contributed by atoms with Crippen molar-refractivity contribution < 1.29 is 9.59 Å². The molecule has 6 heteroatoms. The van der Waals surface area contributed by atoms with E-state index in [9.17, 15) is 9.59 Å². The van der Waals surface area contributed by atoms with E-state index in [4.69, 9.17) is 5.73 Å². The van der Waals surface area contributed by atoms with E-state index in [1.807, 2.05) is 41.8 Å². The highest BCUT2D eigenvalue weighted by Crippen LogP contribution is 2.28. The van der Waals surface area contributed by atoms with Gasteiger partial charge in [-0.2, -0.15) is 0 Å². The second-order valence-corrected chi connectivity index (χ2v) is 6.90. The van der Waals surface area contributed by atoms with Crippen LogP contribution in [0.15, 0.2) is 72.1 Å². The maximum absolute atomic E-state index is 13.0. The summed E-state index contributed by atoms with van der Waals surface area (Å²) in [7, 11) is 0. The Morgan fingerprint density at radius 2 is 1.81 bits per heavy atom. The molecule has 0 aliphatic rings. The van der Waals surface area contributed by atoms with Crippen LogP contribution in [0.2, 0.25) is 0 Å². The van der Waals surface area contributed by atoms with Gasteiger partial charge in [0.2, 0.25) is 5.91 Å². The van der Waals surface area contributed by atoms with E-state index in [0.717, 1.165) is 21.5 Å². The molecular weight excluding hydrogens is 358 g/mol. The molecule has 0 saturated carbocycles. The highest BCUT2D eigenvalue weighted by atomic mass is 32.1. The molecule has 5 nitrogen and oxygen atoms in total. The number of anilines is 1. The predicted octanol–water partition coefficient (Wildman–Crippen LogP) is 4.31. The molecule has 4 rings (SSSR count). The molecule has 0 saturated heterocycles. The fraction of sp³-hybridized carbons (Fsp3) is 0. The molecule has 2 amide bonds. The van der Waals surface area contributed by atoms with Crippen molar-refractivity contribution in [1.29, 1.82) is 0 Å². The first kappa shape index (κ1) is 16.9. The summed E-state index contributed by atoms with van der Waals surface area (Å²) < 4.78 is 0. The number of nitrogens with zero attached hydrogens (tertiary/aromatic N) is 1. The average Bonchev–Trinajstić information content (AvgIpc) is 3.22. The highest BCUT2D eigenvalue weighted by molar-refractivity contribution is 7.13. The number of aromatic nitrogens is 1. The second kappa shape index (κ2) is 7.01. The van der Waals surface area contributed by atoms with Gasteiger partial charge in [0.15, 0.2) is 0 Å². The van der Waals surface area contributed by atoms with Crippen LogP contribution in [0.5, 0.6) is 0 Å². The van der Waals surface area contributed by atoms with Gasteiger partial charge in [-0.25, -0.2) is 4.98 Å². The zero-order chi connectivity index (χ0) is 18.8. The third-order valence-electron chi connectivity index (χ3n) is 4.14. The minimum atomic E-state index is -0.541. The number of hydrogen-bond donors (Lipinski definition) is 2. The lowest BCUT2D eigenvalue weighted by Gasteiger charge is -2.10. The largest absolute Gasteiger partial charge is 0.366 e. The molecule has 27 heavy (non-hydrogen) atoms. The van der Waals surface area contributed by atoms with Gasteiger partial charge in [0.25, 0.3) is 5.91 Å². The summed E-state index contributed by atoms with van der Waals surface area (Å²) in [4.78, 5) is 30.0. The van der Waals surface area contributed by atoms with Gasteiger partial charge in [0.1, 0.15) is 0 Å². The molecule has 0 aliphatic carbocycles. The summed E-state index contributed by atoms with van der Waals surface area (Å²) in [6.45, 7) is 0. The number of benzene rings is 2. The molecule has 132 valence electrons. The topological polar surface area (TPSA) is 85.1 Å². The lowest BCUT2D eigenvalue weighted by atomic mass is 10.1. The van der Waals surface area contributed by atoms with Crippen LogP contribution in [0.4, 0.5) is 5.69 Å². The van der Waals surface area contributed by atoms with Gasteiger partial charge in [-0.3, -0.25) is 9.59 Å². The van der Waals surface area contributed by atoms with Crippen molar-refractivity contribution in [3.63, 3.8) is 0 Å². The second-order valence-electron chi connectivity index (χ2n) is 5.95. The van der Waals surface area contributed by atoms with Crippen molar-refractivity contribution in [2.75, 3.05) is 5.32 Å². The number of rotatable bonds is 4. The normalized spacial score (nSPS) is 10.7. The molecular formula is C21H15N3O2S. The van der Waals surface area contributed by atoms with Crippen LogP contribution in [-0.2, 0) is 0 Å². The summed E-state index contributed by atoms with van der Waals surface area (Å²) in [5.74, 6) is -0.812. The number of primary amides is 1. The van der Waals surface area contributed by atoms with Crippen LogP contribution in [0.3, 0.4) is 0 Å². The van der Waals surface area contributed by atoms with Crippen LogP contribution in [-0.4, -0.2) is 16.8 Å². The molecule has 0 fully saturated rings. The van der Waals surface area contributed by atoms with Crippen LogP contribution < -0.4 is 11.1 Å². The first-order chi connectivity index (χ1) is 13.1. The van der Waals surface area contributed by atoms with E-state index in [2.05, 4.69) is 10.3 Å². The van der Waals surface area contributed by atoms with E-state index in [1.165, 1.54) is 0 Å². The third kappa shape index (κ3) is 3.43. The smallest absolute Gasteiger partial charge is 0.256 e. The number of carbonyl (C=O) groups is 2. The molecule has 4 aromatic rings. The summed E-state index contributed by atoms with van der Waals surface area (Å²) in [6.07, 6.45) is 0. The van der Waals surface area contributed by atoms with Crippen molar-refractivity contribution in [2.24, 2.45) is 5.73 Å². The highest BCUT2D eigenvalue weighted by Gasteiger charge is 2.15. The van der Waals surface area contributed by atoms with Crippen LogP contribution in [0.25, 0.3) is 21.5 Å². The Balaban J connectivity index is 1.77. The van der Waals surface area contributed by atoms with E-state index < -0.39 is 5.91 Å². The Hall–Kier alpha value is -3.51. The molecule has 0 radical (unpaired) electrons.